The molecule has 0 N–H and O–H groups in total. The van der Waals surface area contributed by atoms with Crippen molar-refractivity contribution in [2.45, 2.75) is 226 Å². The van der Waals surface area contributed by atoms with Crippen LogP contribution in [0.5, 0.6) is 0 Å². The van der Waals surface area contributed by atoms with Crippen LogP contribution in [0, 0.1) is 23.7 Å². The van der Waals surface area contributed by atoms with Crippen LogP contribution in [0.25, 0.3) is 29.2 Å². The van der Waals surface area contributed by atoms with Gasteiger partial charge >= 0.3 is 5.97 Å². The molecule has 0 unspecified atom stereocenters. The van der Waals surface area contributed by atoms with E-state index in [0.29, 0.717) is 74.5 Å². The van der Waals surface area contributed by atoms with Crippen LogP contribution in [0.3, 0.4) is 0 Å². The molecule has 1 aliphatic rings. The number of hydrogen-bond donors (Lipinski definition) is 0. The fraction of sp³-hybridized carbons (Fsp3) is 0.525. The normalized spacial score (nSPS) is 20.4. The average molecular weight is 1390 g/mol. The molecule has 3 aromatic heterocycles. The van der Waals surface area contributed by atoms with E-state index in [1.807, 2.05) is 56.3 Å². The number of rotatable bonds is 23. The van der Waals surface area contributed by atoms with Crippen molar-refractivity contribution in [2.75, 3.05) is 20.8 Å². The standard InChI is InChI=1S/C80H111N3O12Si3/c1-55(45-46-69(85)58(4)75(95-96(17,18)78(6,7)8)56(2)47-48-92-97(79(9,10)11,62-35-23-19-24-36-62)63-37-25-20-26-38-63)71(88-16)51-72-59(5)70(87-15)43-32-44-73-81-67(53-89-73)76-83-68(54-91-76)77-82-66(52-90-77)57(3)49-60(84)33-31-34-61(50-74(86)93-72)94-98(80(12,13)14,64-39-27-21-28-40-64)65-41-29-22-30-42-65/h19-30,32,35-42,44,52-59,61,70-72,75H,31,33-34,43,45-51H2,1-18H3/b44-32+/t55-,56+,57-,58-,59-,61+,70+,71+,72+,75+/m0/s1. The minimum absolute atomic E-state index is 0.00434. The lowest BCUT2D eigenvalue weighted by atomic mass is 9.84. The summed E-state index contributed by atoms with van der Waals surface area (Å²) in [6.07, 6.45) is 9.19. The largest absolute Gasteiger partial charge is 0.462 e. The van der Waals surface area contributed by atoms with Gasteiger partial charge in [0.1, 0.15) is 36.5 Å². The van der Waals surface area contributed by atoms with Crippen LogP contribution in [0.15, 0.2) is 159 Å². The van der Waals surface area contributed by atoms with Crippen molar-refractivity contribution in [1.82, 2.24) is 15.0 Å². The molecule has 1 aliphatic heterocycles. The van der Waals surface area contributed by atoms with Crippen LogP contribution in [0.1, 0.15) is 179 Å². The second kappa shape index (κ2) is 33.8. The molecule has 10 atom stereocenters. The molecule has 0 saturated heterocycles. The molecular weight excluding hydrogens is 1280 g/mol. The summed E-state index contributed by atoms with van der Waals surface area (Å²) in [5.41, 5.74) is 1.38. The summed E-state index contributed by atoms with van der Waals surface area (Å²) in [4.78, 5) is 58.3. The molecule has 0 amide bonds. The van der Waals surface area contributed by atoms with Crippen molar-refractivity contribution in [3.8, 4) is 23.2 Å². The van der Waals surface area contributed by atoms with Gasteiger partial charge in [-0.3, -0.25) is 14.4 Å². The first-order valence-corrected chi connectivity index (χ1v) is 42.2. The van der Waals surface area contributed by atoms with Gasteiger partial charge in [-0.15, -0.1) is 0 Å². The number of Topliss-reactive ketones (excluding diaryl/α,β-unsaturated/α-hetero) is 2. The van der Waals surface area contributed by atoms with Crippen molar-refractivity contribution < 1.29 is 55.1 Å². The van der Waals surface area contributed by atoms with Crippen LogP contribution in [-0.2, 0) is 41.9 Å². The van der Waals surface area contributed by atoms with Crippen LogP contribution < -0.4 is 20.7 Å². The number of nitrogens with zero attached hydrogens (tertiary/aromatic N) is 3. The number of carbonyl (C=O) groups excluding carboxylic acids is 3. The van der Waals surface area contributed by atoms with Gasteiger partial charge in [0.2, 0.25) is 17.7 Å². The lowest BCUT2D eigenvalue weighted by molar-refractivity contribution is -0.159. The number of ether oxygens (including phenoxy) is 3. The van der Waals surface area contributed by atoms with E-state index in [1.165, 1.54) is 22.9 Å². The molecule has 0 aliphatic carbocycles. The maximum absolute atomic E-state index is 15.3. The summed E-state index contributed by atoms with van der Waals surface area (Å²) in [7, 11) is -5.10. The highest BCUT2D eigenvalue weighted by atomic mass is 28.4. The first-order valence-electron chi connectivity index (χ1n) is 35.5. The monoisotopic (exact) mass is 1390 g/mol. The zero-order valence-electron chi connectivity index (χ0n) is 61.7. The minimum Gasteiger partial charge on any atom is -0.462 e. The topological polar surface area (TPSA) is 185 Å². The minimum atomic E-state index is -3.24. The fourth-order valence-electron chi connectivity index (χ4n) is 14.0. The number of hydrogen-bond acceptors (Lipinski definition) is 15. The van der Waals surface area contributed by atoms with E-state index in [2.05, 4.69) is 191 Å². The fourth-order valence-corrected chi connectivity index (χ4v) is 24.7. The summed E-state index contributed by atoms with van der Waals surface area (Å²) in [5.74, 6) is -0.615. The van der Waals surface area contributed by atoms with Gasteiger partial charge < -0.3 is 40.7 Å². The Morgan fingerprint density at radius 2 is 1.17 bits per heavy atom. The number of cyclic esters (lactones) is 1. The summed E-state index contributed by atoms with van der Waals surface area (Å²) in [5, 5.41) is 3.93. The van der Waals surface area contributed by atoms with Crippen molar-refractivity contribution >= 4 is 69.3 Å². The third-order valence-electron chi connectivity index (χ3n) is 20.9. The smallest absolute Gasteiger partial charge is 0.308 e. The van der Waals surface area contributed by atoms with Gasteiger partial charge in [-0.05, 0) is 99.0 Å². The van der Waals surface area contributed by atoms with E-state index < -0.39 is 66.3 Å². The van der Waals surface area contributed by atoms with E-state index in [9.17, 15) is 4.79 Å². The van der Waals surface area contributed by atoms with E-state index in [-0.39, 0.29) is 82.5 Å². The van der Waals surface area contributed by atoms with Gasteiger partial charge in [-0.2, -0.15) is 0 Å². The molecule has 6 bridgehead atoms. The molecule has 0 fully saturated rings. The Morgan fingerprint density at radius 1 is 0.643 bits per heavy atom. The highest BCUT2D eigenvalue weighted by Gasteiger charge is 2.53. The third kappa shape index (κ3) is 18.7. The maximum Gasteiger partial charge on any atom is 0.308 e. The lowest BCUT2D eigenvalue weighted by Gasteiger charge is -2.45. The molecule has 15 nitrogen and oxygen atoms in total. The Kier molecular flexibility index (Phi) is 26.6. The molecule has 7 aromatic rings. The first kappa shape index (κ1) is 77.3. The van der Waals surface area contributed by atoms with Gasteiger partial charge in [0.05, 0.1) is 36.5 Å². The second-order valence-corrected chi connectivity index (χ2v) is 44.3. The number of benzene rings is 4. The Hall–Kier alpha value is -6.49. The number of fused-ring (bicyclic) bond motifs is 8. The number of aromatic nitrogens is 3. The molecule has 4 heterocycles. The zero-order valence-corrected chi connectivity index (χ0v) is 64.7. The van der Waals surface area contributed by atoms with Crippen molar-refractivity contribution in [1.29, 1.82) is 0 Å². The molecule has 98 heavy (non-hydrogen) atoms. The number of ketones is 2. The Balaban J connectivity index is 1.07. The van der Waals surface area contributed by atoms with Crippen molar-refractivity contribution in [3.05, 3.63) is 158 Å². The molecule has 0 saturated carbocycles. The zero-order chi connectivity index (χ0) is 71.2. The number of methoxy groups -OCH3 is 2. The number of oxazole rings is 3. The van der Waals surface area contributed by atoms with Crippen LogP contribution in [-0.4, -0.2) is 109 Å². The lowest BCUT2D eigenvalue weighted by Crippen LogP contribution is -2.67. The predicted molar refractivity (Wildman–Crippen MR) is 397 cm³/mol. The number of esters is 1. The van der Waals surface area contributed by atoms with Crippen molar-refractivity contribution in [3.63, 3.8) is 0 Å². The van der Waals surface area contributed by atoms with Crippen LogP contribution in [0.2, 0.25) is 28.2 Å². The summed E-state index contributed by atoms with van der Waals surface area (Å²) >= 11 is 0. The van der Waals surface area contributed by atoms with Gasteiger partial charge in [0.25, 0.3) is 16.6 Å². The Bertz CT molecular complexity index is 3570. The van der Waals surface area contributed by atoms with Gasteiger partial charge in [0.15, 0.2) is 19.7 Å². The average Bonchev–Trinajstić information content (AvgIpc) is 0.997. The van der Waals surface area contributed by atoms with E-state index in [0.717, 1.165) is 10.4 Å². The Morgan fingerprint density at radius 3 is 1.71 bits per heavy atom. The molecule has 0 spiro atoms. The summed E-state index contributed by atoms with van der Waals surface area (Å²) in [6, 6.07) is 42.2. The second-order valence-electron chi connectivity index (χ2n) is 31.0. The highest BCUT2D eigenvalue weighted by molar-refractivity contribution is 7.00. The van der Waals surface area contributed by atoms with Gasteiger partial charge in [-0.1, -0.05) is 224 Å². The van der Waals surface area contributed by atoms with E-state index >= 15 is 9.59 Å². The van der Waals surface area contributed by atoms with Crippen molar-refractivity contribution in [2.24, 2.45) is 23.7 Å². The van der Waals surface area contributed by atoms with E-state index in [4.69, 9.17) is 45.7 Å². The summed E-state index contributed by atoms with van der Waals surface area (Å²) in [6.45, 7) is 35.7. The van der Waals surface area contributed by atoms with Crippen LogP contribution in [0.4, 0.5) is 0 Å². The third-order valence-corrected chi connectivity index (χ3v) is 35.5. The SMILES string of the molecule is CO[C@@H]1C/C=C/c2nc(co2)-c2nc(co2)-c2nc(co2)[C@@H](C)CC(=O)CCC[C@@H](O[Si](c2ccccc2)(c2ccccc2)C(C)(C)C)CC(=O)O[C@H](C[C@@H](OC)[C@@H](C)CCC(=O)[C@H](C)[C@H](O[Si](C)(C)C(C)(C)C)[C@H](C)CCO[Si](c2ccccc2)(c2ccccc2)C(C)(C)C)[C@H]1C. The number of carbonyl (C=O) groups is 3. The van der Waals surface area contributed by atoms with Gasteiger partial charge in [0, 0.05) is 64.3 Å². The predicted octanol–water partition coefficient (Wildman–Crippen LogP) is 16.6. The molecule has 0 radical (unpaired) electrons. The highest BCUT2D eigenvalue weighted by Crippen LogP contribution is 2.43. The van der Waals surface area contributed by atoms with E-state index in [1.54, 1.807) is 26.6 Å². The molecule has 18 heteroatoms. The quantitative estimate of drug-likeness (QED) is 0.0435. The molecule has 4 aromatic carbocycles. The summed E-state index contributed by atoms with van der Waals surface area (Å²) < 4.78 is 59.8. The first-order chi connectivity index (χ1) is 46.4. The maximum atomic E-state index is 15.3. The molecular formula is C80H111N3O12Si3. The molecule has 530 valence electrons. The van der Waals surface area contributed by atoms with Crippen LogP contribution >= 0.6 is 0 Å². The Labute approximate surface area is 587 Å². The molecule has 8 rings (SSSR count). The van der Waals surface area contributed by atoms with Gasteiger partial charge in [-0.25, -0.2) is 15.0 Å².